The monoisotopic (exact) mass is 462 g/mol. The molecule has 0 radical (unpaired) electrons. The summed E-state index contributed by atoms with van der Waals surface area (Å²) in [5.41, 5.74) is 2.56. The molecule has 0 spiro atoms. The Bertz CT molecular complexity index is 1160. The van der Waals surface area contributed by atoms with Crippen LogP contribution in [0.5, 0.6) is 0 Å². The van der Waals surface area contributed by atoms with Gasteiger partial charge in [-0.05, 0) is 66.9 Å². The van der Waals surface area contributed by atoms with Crippen LogP contribution in [0.1, 0.15) is 17.5 Å². The van der Waals surface area contributed by atoms with E-state index in [0.717, 1.165) is 11.1 Å². The van der Waals surface area contributed by atoms with E-state index in [9.17, 15) is 13.2 Å². The van der Waals surface area contributed by atoms with Crippen molar-refractivity contribution in [2.45, 2.75) is 24.7 Å². The van der Waals surface area contributed by atoms with Gasteiger partial charge in [-0.2, -0.15) is 0 Å². The van der Waals surface area contributed by atoms with Gasteiger partial charge in [0.15, 0.2) is 0 Å². The Morgan fingerprint density at radius 3 is 2.37 bits per heavy atom. The second-order valence-electron chi connectivity index (χ2n) is 6.77. The predicted octanol–water partition coefficient (Wildman–Crippen LogP) is 5.67. The number of benzene rings is 3. The van der Waals surface area contributed by atoms with Crippen molar-refractivity contribution in [3.63, 3.8) is 0 Å². The molecule has 0 aliphatic carbocycles. The van der Waals surface area contributed by atoms with Crippen molar-refractivity contribution in [3.05, 3.63) is 87.9 Å². The summed E-state index contributed by atoms with van der Waals surface area (Å²) in [6.45, 7) is 1.80. The van der Waals surface area contributed by atoms with Crippen molar-refractivity contribution in [1.29, 1.82) is 0 Å². The van der Waals surface area contributed by atoms with Crippen LogP contribution in [0.2, 0.25) is 10.0 Å². The zero-order valence-corrected chi connectivity index (χ0v) is 18.5. The average molecular weight is 463 g/mol. The number of hydrogen-bond donors (Lipinski definition) is 2. The van der Waals surface area contributed by atoms with Gasteiger partial charge in [0.25, 0.3) is 10.0 Å². The molecule has 0 fully saturated rings. The summed E-state index contributed by atoms with van der Waals surface area (Å²) in [6.07, 6.45) is 0.815. The fourth-order valence-corrected chi connectivity index (χ4v) is 4.18. The Labute approximate surface area is 186 Å². The third-order valence-electron chi connectivity index (χ3n) is 4.42. The van der Waals surface area contributed by atoms with Gasteiger partial charge in [0.2, 0.25) is 5.91 Å². The first kappa shape index (κ1) is 22.2. The van der Waals surface area contributed by atoms with Crippen LogP contribution in [0.15, 0.2) is 71.6 Å². The standard InChI is InChI=1S/C22H20Cl2N2O3S/c1-15-5-11-20(30(28,29)26-19-4-2-3-18(24)13-19)14-21(15)25-22(27)12-8-16-6-9-17(23)10-7-16/h2-7,9-11,13-14,26H,8,12H2,1H3,(H,25,27). The number of carbonyl (C=O) groups excluding carboxylic acids is 1. The Morgan fingerprint density at radius 1 is 0.933 bits per heavy atom. The molecule has 8 heteroatoms. The summed E-state index contributed by atoms with van der Waals surface area (Å²) in [5.74, 6) is -0.203. The molecule has 0 bridgehead atoms. The summed E-state index contributed by atoms with van der Waals surface area (Å²) < 4.78 is 27.9. The van der Waals surface area contributed by atoms with Crippen LogP contribution < -0.4 is 10.0 Å². The summed E-state index contributed by atoms with van der Waals surface area (Å²) >= 11 is 11.8. The van der Waals surface area contributed by atoms with Crippen LogP contribution in [-0.2, 0) is 21.2 Å². The molecule has 0 aromatic heterocycles. The number of halogens is 2. The van der Waals surface area contributed by atoms with Crippen molar-refractivity contribution < 1.29 is 13.2 Å². The van der Waals surface area contributed by atoms with Crippen molar-refractivity contribution in [2.24, 2.45) is 0 Å². The van der Waals surface area contributed by atoms with E-state index in [-0.39, 0.29) is 17.2 Å². The fourth-order valence-electron chi connectivity index (χ4n) is 2.79. The van der Waals surface area contributed by atoms with E-state index in [0.29, 0.717) is 27.8 Å². The highest BCUT2D eigenvalue weighted by Crippen LogP contribution is 2.24. The lowest BCUT2D eigenvalue weighted by Crippen LogP contribution is -2.16. The van der Waals surface area contributed by atoms with Gasteiger partial charge in [-0.3, -0.25) is 9.52 Å². The van der Waals surface area contributed by atoms with Gasteiger partial charge in [0.05, 0.1) is 10.6 Å². The molecular formula is C22H20Cl2N2O3S. The first-order valence-corrected chi connectivity index (χ1v) is 11.4. The summed E-state index contributed by atoms with van der Waals surface area (Å²) in [5, 5.41) is 3.86. The van der Waals surface area contributed by atoms with Crippen LogP contribution in [0.4, 0.5) is 11.4 Å². The minimum Gasteiger partial charge on any atom is -0.326 e. The zero-order valence-electron chi connectivity index (χ0n) is 16.2. The smallest absolute Gasteiger partial charge is 0.261 e. The van der Waals surface area contributed by atoms with Crippen LogP contribution >= 0.6 is 23.2 Å². The average Bonchev–Trinajstić information content (AvgIpc) is 2.69. The third-order valence-corrected chi connectivity index (χ3v) is 6.29. The molecule has 0 saturated heterocycles. The minimum absolute atomic E-state index is 0.0427. The molecule has 3 aromatic carbocycles. The molecule has 0 unspecified atom stereocenters. The lowest BCUT2D eigenvalue weighted by atomic mass is 10.1. The van der Waals surface area contributed by atoms with Crippen molar-refractivity contribution in [1.82, 2.24) is 0 Å². The third kappa shape index (κ3) is 5.98. The van der Waals surface area contributed by atoms with E-state index in [2.05, 4.69) is 10.0 Å². The molecule has 156 valence electrons. The van der Waals surface area contributed by atoms with E-state index >= 15 is 0 Å². The number of anilines is 2. The molecular weight excluding hydrogens is 443 g/mol. The molecule has 5 nitrogen and oxygen atoms in total. The minimum atomic E-state index is -3.84. The number of hydrogen-bond acceptors (Lipinski definition) is 3. The van der Waals surface area contributed by atoms with E-state index in [4.69, 9.17) is 23.2 Å². The van der Waals surface area contributed by atoms with Gasteiger partial charge in [0.1, 0.15) is 0 Å². The Kier molecular flexibility index (Phi) is 7.02. The maximum Gasteiger partial charge on any atom is 0.261 e. The fraction of sp³-hybridized carbons (Fsp3) is 0.136. The highest BCUT2D eigenvalue weighted by molar-refractivity contribution is 7.92. The maximum absolute atomic E-state index is 12.7. The van der Waals surface area contributed by atoms with E-state index < -0.39 is 10.0 Å². The molecule has 3 rings (SSSR count). The molecule has 3 aromatic rings. The largest absolute Gasteiger partial charge is 0.326 e. The Balaban J connectivity index is 1.71. The Hall–Kier alpha value is -2.54. The molecule has 30 heavy (non-hydrogen) atoms. The molecule has 0 atom stereocenters. The first-order chi connectivity index (χ1) is 14.2. The number of sulfonamides is 1. The van der Waals surface area contributed by atoms with Crippen LogP contribution in [0.3, 0.4) is 0 Å². The SMILES string of the molecule is Cc1ccc(S(=O)(=O)Nc2cccc(Cl)c2)cc1NC(=O)CCc1ccc(Cl)cc1. The lowest BCUT2D eigenvalue weighted by Gasteiger charge is -2.13. The van der Waals surface area contributed by atoms with Crippen LogP contribution in [-0.4, -0.2) is 14.3 Å². The normalized spacial score (nSPS) is 11.2. The second-order valence-corrected chi connectivity index (χ2v) is 9.32. The Morgan fingerprint density at radius 2 is 1.67 bits per heavy atom. The number of aryl methyl sites for hydroxylation is 2. The van der Waals surface area contributed by atoms with Gasteiger partial charge in [-0.1, -0.05) is 47.5 Å². The summed E-state index contributed by atoms with van der Waals surface area (Å²) in [7, 11) is -3.84. The second kappa shape index (κ2) is 9.51. The van der Waals surface area contributed by atoms with E-state index in [1.54, 1.807) is 43.3 Å². The topological polar surface area (TPSA) is 75.3 Å². The quantitative estimate of drug-likeness (QED) is 0.474. The van der Waals surface area contributed by atoms with Gasteiger partial charge in [-0.25, -0.2) is 8.42 Å². The van der Waals surface area contributed by atoms with E-state index in [1.165, 1.54) is 18.2 Å². The van der Waals surface area contributed by atoms with Crippen molar-refractivity contribution >= 4 is 50.5 Å². The summed E-state index contributed by atoms with van der Waals surface area (Å²) in [6, 6.07) is 18.3. The first-order valence-electron chi connectivity index (χ1n) is 9.16. The maximum atomic E-state index is 12.7. The number of rotatable bonds is 7. The summed E-state index contributed by atoms with van der Waals surface area (Å²) in [4.78, 5) is 12.4. The molecule has 2 N–H and O–H groups in total. The van der Waals surface area contributed by atoms with Crippen LogP contribution in [0.25, 0.3) is 0 Å². The van der Waals surface area contributed by atoms with Crippen molar-refractivity contribution in [3.8, 4) is 0 Å². The van der Waals surface area contributed by atoms with Gasteiger partial charge in [0, 0.05) is 22.2 Å². The highest BCUT2D eigenvalue weighted by atomic mass is 35.5. The van der Waals surface area contributed by atoms with Gasteiger partial charge < -0.3 is 5.32 Å². The van der Waals surface area contributed by atoms with Crippen molar-refractivity contribution in [2.75, 3.05) is 10.0 Å². The number of nitrogens with one attached hydrogen (secondary N) is 2. The van der Waals surface area contributed by atoms with Gasteiger partial charge >= 0.3 is 0 Å². The van der Waals surface area contributed by atoms with Crippen LogP contribution in [0, 0.1) is 6.92 Å². The molecule has 0 saturated carbocycles. The number of carbonyl (C=O) groups is 1. The molecule has 1 amide bonds. The van der Waals surface area contributed by atoms with E-state index in [1.807, 2.05) is 12.1 Å². The zero-order chi connectivity index (χ0) is 21.7. The highest BCUT2D eigenvalue weighted by Gasteiger charge is 2.17. The molecule has 0 aliphatic heterocycles. The number of amides is 1. The molecule has 0 aliphatic rings. The predicted molar refractivity (Wildman–Crippen MR) is 122 cm³/mol. The lowest BCUT2D eigenvalue weighted by molar-refractivity contribution is -0.116. The molecule has 0 heterocycles. The van der Waals surface area contributed by atoms with Gasteiger partial charge in [-0.15, -0.1) is 0 Å².